The summed E-state index contributed by atoms with van der Waals surface area (Å²) in [5, 5.41) is 0. The lowest BCUT2D eigenvalue weighted by molar-refractivity contribution is 0.354. The van der Waals surface area contributed by atoms with Crippen molar-refractivity contribution in [3.05, 3.63) is 0 Å². The molecule has 2 N–H and O–H groups in total. The molecule has 1 atom stereocenters. The van der Waals surface area contributed by atoms with Gasteiger partial charge in [0, 0.05) is 6.04 Å². The van der Waals surface area contributed by atoms with Crippen molar-refractivity contribution in [2.75, 3.05) is 0 Å². The first kappa shape index (κ1) is 12.0. The SMILES string of the molecule is CCC(N)CCCCC(C)(C)C. The zero-order valence-corrected chi connectivity index (χ0v) is 9.19. The average Bonchev–Trinajstić information content (AvgIpc) is 1.96. The Morgan fingerprint density at radius 3 is 2.17 bits per heavy atom. The number of hydrogen-bond acceptors (Lipinski definition) is 1. The maximum absolute atomic E-state index is 5.82. The lowest BCUT2D eigenvalue weighted by Gasteiger charge is -2.18. The fraction of sp³-hybridized carbons (Fsp3) is 1.00. The van der Waals surface area contributed by atoms with Crippen LogP contribution in [-0.2, 0) is 0 Å². The minimum Gasteiger partial charge on any atom is -0.328 e. The van der Waals surface area contributed by atoms with Crippen molar-refractivity contribution in [2.45, 2.75) is 65.8 Å². The maximum Gasteiger partial charge on any atom is 0.00362 e. The van der Waals surface area contributed by atoms with Gasteiger partial charge >= 0.3 is 0 Å². The summed E-state index contributed by atoms with van der Waals surface area (Å²) in [6.07, 6.45) is 6.27. The van der Waals surface area contributed by atoms with E-state index in [9.17, 15) is 0 Å². The molecule has 0 aromatic carbocycles. The standard InChI is InChI=1S/C11H25N/c1-5-10(12)8-6-7-9-11(2,3)4/h10H,5-9,12H2,1-4H3. The van der Waals surface area contributed by atoms with E-state index >= 15 is 0 Å². The van der Waals surface area contributed by atoms with Crippen LogP contribution >= 0.6 is 0 Å². The molecule has 0 saturated heterocycles. The molecule has 0 aliphatic rings. The average molecular weight is 171 g/mol. The van der Waals surface area contributed by atoms with E-state index in [4.69, 9.17) is 5.73 Å². The monoisotopic (exact) mass is 171 g/mol. The molecule has 0 aliphatic carbocycles. The third-order valence-electron chi connectivity index (χ3n) is 2.28. The van der Waals surface area contributed by atoms with Crippen molar-refractivity contribution in [3.63, 3.8) is 0 Å². The molecule has 0 fully saturated rings. The summed E-state index contributed by atoms with van der Waals surface area (Å²) in [6.45, 7) is 9.06. The zero-order chi connectivity index (χ0) is 9.61. The van der Waals surface area contributed by atoms with Gasteiger partial charge in [-0.05, 0) is 24.7 Å². The van der Waals surface area contributed by atoms with Crippen molar-refractivity contribution < 1.29 is 0 Å². The van der Waals surface area contributed by atoms with Crippen LogP contribution in [0.5, 0.6) is 0 Å². The molecule has 0 aliphatic heterocycles. The quantitative estimate of drug-likeness (QED) is 0.631. The van der Waals surface area contributed by atoms with Gasteiger partial charge in [-0.1, -0.05) is 40.5 Å². The summed E-state index contributed by atoms with van der Waals surface area (Å²) in [5.41, 5.74) is 6.32. The molecule has 0 amide bonds. The molecule has 0 saturated carbocycles. The van der Waals surface area contributed by atoms with Crippen molar-refractivity contribution in [1.82, 2.24) is 0 Å². The fourth-order valence-corrected chi connectivity index (χ4v) is 1.27. The van der Waals surface area contributed by atoms with Gasteiger partial charge in [0.1, 0.15) is 0 Å². The maximum atomic E-state index is 5.82. The highest BCUT2D eigenvalue weighted by Gasteiger charge is 2.09. The predicted molar refractivity (Wildman–Crippen MR) is 56.2 cm³/mol. The third-order valence-corrected chi connectivity index (χ3v) is 2.28. The Kier molecular flexibility index (Phi) is 5.56. The summed E-state index contributed by atoms with van der Waals surface area (Å²) in [4.78, 5) is 0. The topological polar surface area (TPSA) is 26.0 Å². The first-order chi connectivity index (χ1) is 5.45. The summed E-state index contributed by atoms with van der Waals surface area (Å²) in [5.74, 6) is 0. The van der Waals surface area contributed by atoms with Gasteiger partial charge in [0.15, 0.2) is 0 Å². The highest BCUT2D eigenvalue weighted by atomic mass is 14.6. The van der Waals surface area contributed by atoms with Gasteiger partial charge in [-0.25, -0.2) is 0 Å². The fourth-order valence-electron chi connectivity index (χ4n) is 1.27. The molecule has 74 valence electrons. The molecule has 0 bridgehead atoms. The van der Waals surface area contributed by atoms with E-state index in [1.54, 1.807) is 0 Å². The van der Waals surface area contributed by atoms with Crippen molar-refractivity contribution in [3.8, 4) is 0 Å². The lowest BCUT2D eigenvalue weighted by atomic mass is 9.89. The second-order valence-electron chi connectivity index (χ2n) is 4.97. The van der Waals surface area contributed by atoms with Crippen molar-refractivity contribution in [2.24, 2.45) is 11.1 Å². The molecule has 12 heavy (non-hydrogen) atoms. The number of unbranched alkanes of at least 4 members (excludes halogenated alkanes) is 1. The number of nitrogens with two attached hydrogens (primary N) is 1. The minimum atomic E-state index is 0.435. The van der Waals surface area contributed by atoms with Gasteiger partial charge in [0.2, 0.25) is 0 Å². The summed E-state index contributed by atoms with van der Waals surface area (Å²) < 4.78 is 0. The summed E-state index contributed by atoms with van der Waals surface area (Å²) >= 11 is 0. The van der Waals surface area contributed by atoms with Gasteiger partial charge in [0.25, 0.3) is 0 Å². The Balaban J connectivity index is 3.22. The van der Waals surface area contributed by atoms with Crippen LogP contribution in [0, 0.1) is 5.41 Å². The van der Waals surface area contributed by atoms with Crippen LogP contribution < -0.4 is 5.73 Å². The van der Waals surface area contributed by atoms with E-state index in [1.165, 1.54) is 25.7 Å². The molecule has 1 nitrogen and oxygen atoms in total. The Labute approximate surface area is 77.7 Å². The first-order valence-corrected chi connectivity index (χ1v) is 5.21. The van der Waals surface area contributed by atoms with E-state index in [0.717, 1.165) is 6.42 Å². The van der Waals surface area contributed by atoms with Gasteiger partial charge in [-0.2, -0.15) is 0 Å². The Hall–Kier alpha value is -0.0400. The Morgan fingerprint density at radius 2 is 1.75 bits per heavy atom. The normalized spacial score (nSPS) is 14.8. The summed E-state index contributed by atoms with van der Waals surface area (Å²) in [6, 6.07) is 0.435. The van der Waals surface area contributed by atoms with Crippen molar-refractivity contribution >= 4 is 0 Å². The van der Waals surface area contributed by atoms with E-state index in [-0.39, 0.29) is 0 Å². The highest BCUT2D eigenvalue weighted by Crippen LogP contribution is 2.22. The van der Waals surface area contributed by atoms with E-state index in [1.807, 2.05) is 0 Å². The van der Waals surface area contributed by atoms with Gasteiger partial charge in [0.05, 0.1) is 0 Å². The largest absolute Gasteiger partial charge is 0.328 e. The molecule has 0 aromatic heterocycles. The molecule has 0 spiro atoms. The lowest BCUT2D eigenvalue weighted by Crippen LogP contribution is -2.18. The van der Waals surface area contributed by atoms with Crippen LogP contribution in [0.2, 0.25) is 0 Å². The third kappa shape index (κ3) is 8.06. The molecule has 0 heterocycles. The second-order valence-corrected chi connectivity index (χ2v) is 4.97. The molecule has 1 unspecified atom stereocenters. The van der Waals surface area contributed by atoms with Crippen LogP contribution in [0.25, 0.3) is 0 Å². The van der Waals surface area contributed by atoms with Crippen LogP contribution in [0.1, 0.15) is 59.8 Å². The Morgan fingerprint density at radius 1 is 1.17 bits per heavy atom. The van der Waals surface area contributed by atoms with Gasteiger partial charge in [-0.3, -0.25) is 0 Å². The predicted octanol–water partition coefficient (Wildman–Crippen LogP) is 3.33. The first-order valence-electron chi connectivity index (χ1n) is 5.21. The smallest absolute Gasteiger partial charge is 0.00362 e. The number of rotatable bonds is 5. The molecule has 0 aromatic rings. The Bertz CT molecular complexity index is 102. The van der Waals surface area contributed by atoms with E-state index < -0.39 is 0 Å². The number of hydrogen-bond donors (Lipinski definition) is 1. The summed E-state index contributed by atoms with van der Waals surface area (Å²) in [7, 11) is 0. The highest BCUT2D eigenvalue weighted by molar-refractivity contribution is 4.63. The van der Waals surface area contributed by atoms with Crippen LogP contribution in [0.15, 0.2) is 0 Å². The molecular weight excluding hydrogens is 146 g/mol. The van der Waals surface area contributed by atoms with Crippen molar-refractivity contribution in [1.29, 1.82) is 0 Å². The van der Waals surface area contributed by atoms with Gasteiger partial charge in [-0.15, -0.1) is 0 Å². The minimum absolute atomic E-state index is 0.435. The van der Waals surface area contributed by atoms with Crippen LogP contribution in [-0.4, -0.2) is 6.04 Å². The van der Waals surface area contributed by atoms with E-state index in [0.29, 0.717) is 11.5 Å². The van der Waals surface area contributed by atoms with E-state index in [2.05, 4.69) is 27.7 Å². The molecule has 1 heteroatoms. The molecule has 0 rings (SSSR count). The zero-order valence-electron chi connectivity index (χ0n) is 9.19. The van der Waals surface area contributed by atoms with Crippen LogP contribution in [0.4, 0.5) is 0 Å². The van der Waals surface area contributed by atoms with Gasteiger partial charge < -0.3 is 5.73 Å². The second kappa shape index (κ2) is 5.58. The molecular formula is C11H25N. The molecule has 0 radical (unpaired) electrons. The van der Waals surface area contributed by atoms with Crippen LogP contribution in [0.3, 0.4) is 0 Å².